The molecule has 0 amide bonds. The van der Waals surface area contributed by atoms with E-state index in [4.69, 9.17) is 39.5 Å². The molecule has 2 fully saturated rings. The van der Waals surface area contributed by atoms with Gasteiger partial charge in [-0.15, -0.1) is 0 Å². The van der Waals surface area contributed by atoms with Crippen molar-refractivity contribution >= 4 is 40.8 Å². The quantitative estimate of drug-likeness (QED) is 0.483. The predicted molar refractivity (Wildman–Crippen MR) is 50.9 cm³/mol. The molecule has 3 atom stereocenters. The maximum Gasteiger partial charge on any atom is 0.310 e. The van der Waals surface area contributed by atoms with Crippen LogP contribution in [0.1, 0.15) is 13.8 Å². The van der Waals surface area contributed by atoms with Gasteiger partial charge in [0, 0.05) is 5.92 Å². The molecule has 5 heteroatoms. The predicted octanol–water partition coefficient (Wildman–Crippen LogP) is 2.55. The van der Waals surface area contributed by atoms with Gasteiger partial charge in [-0.1, -0.05) is 48.7 Å². The van der Waals surface area contributed by atoms with Crippen molar-refractivity contribution in [2.45, 2.75) is 23.7 Å². The van der Waals surface area contributed by atoms with Crippen LogP contribution in [0.2, 0.25) is 0 Å². The molecule has 74 valence electrons. The van der Waals surface area contributed by atoms with Gasteiger partial charge >= 0.3 is 5.97 Å². The van der Waals surface area contributed by atoms with Crippen molar-refractivity contribution in [1.29, 1.82) is 0 Å². The molecule has 13 heavy (non-hydrogen) atoms. The summed E-state index contributed by atoms with van der Waals surface area (Å²) in [6.45, 7) is 3.98. The van der Waals surface area contributed by atoms with E-state index in [2.05, 4.69) is 0 Å². The Hall–Kier alpha value is 0.340. The lowest BCUT2D eigenvalue weighted by Gasteiger charge is -2.23. The lowest BCUT2D eigenvalue weighted by Crippen LogP contribution is -2.32. The molecule has 1 aliphatic carbocycles. The SMILES string of the molecule is CC1(C)[C@@H]2[C@@H](C(Cl)(Cl)Cl)OC(=O)[C@@H]21. The van der Waals surface area contributed by atoms with Gasteiger partial charge in [-0.05, 0) is 5.41 Å². The molecule has 2 aliphatic rings. The Bertz CT molecular complexity index is 269. The number of cyclic esters (lactones) is 1. The van der Waals surface area contributed by atoms with Crippen LogP contribution in [0.4, 0.5) is 0 Å². The molecule has 0 aromatic carbocycles. The minimum Gasteiger partial charge on any atom is -0.457 e. The Morgan fingerprint density at radius 2 is 1.92 bits per heavy atom. The van der Waals surface area contributed by atoms with Crippen LogP contribution in [-0.2, 0) is 9.53 Å². The van der Waals surface area contributed by atoms with E-state index in [1.54, 1.807) is 0 Å². The van der Waals surface area contributed by atoms with Crippen LogP contribution < -0.4 is 0 Å². The lowest BCUT2D eigenvalue weighted by molar-refractivity contribution is -0.147. The minimum atomic E-state index is -1.50. The minimum absolute atomic E-state index is 0.0625. The molecule has 0 N–H and O–H groups in total. The number of ether oxygens (including phenoxy) is 1. The molecule has 1 saturated heterocycles. The van der Waals surface area contributed by atoms with Gasteiger partial charge in [-0.3, -0.25) is 4.79 Å². The van der Waals surface area contributed by atoms with Gasteiger partial charge in [0.05, 0.1) is 5.92 Å². The highest BCUT2D eigenvalue weighted by Gasteiger charge is 2.74. The van der Waals surface area contributed by atoms with Gasteiger partial charge in [0.15, 0.2) is 6.10 Å². The molecule has 2 nitrogen and oxygen atoms in total. The third-order valence-corrected chi connectivity index (χ3v) is 3.70. The van der Waals surface area contributed by atoms with Crippen LogP contribution in [0.15, 0.2) is 0 Å². The van der Waals surface area contributed by atoms with Gasteiger partial charge in [0.25, 0.3) is 0 Å². The molecular formula is C8H9Cl3O2. The van der Waals surface area contributed by atoms with Crippen LogP contribution in [0.3, 0.4) is 0 Å². The zero-order chi connectivity index (χ0) is 10.0. The molecular weight excluding hydrogens is 234 g/mol. The average Bonchev–Trinajstić information content (AvgIpc) is 2.35. The Balaban J connectivity index is 2.24. The Kier molecular flexibility index (Phi) is 1.88. The maximum absolute atomic E-state index is 11.3. The van der Waals surface area contributed by atoms with E-state index < -0.39 is 9.90 Å². The first-order chi connectivity index (χ1) is 5.76. The summed E-state index contributed by atoms with van der Waals surface area (Å²) in [4.78, 5) is 11.3. The highest BCUT2D eigenvalue weighted by atomic mass is 35.6. The van der Waals surface area contributed by atoms with Gasteiger partial charge in [-0.2, -0.15) is 0 Å². The van der Waals surface area contributed by atoms with Crippen molar-refractivity contribution in [1.82, 2.24) is 0 Å². The van der Waals surface area contributed by atoms with Crippen molar-refractivity contribution < 1.29 is 9.53 Å². The first kappa shape index (κ1) is 9.88. The summed E-state index contributed by atoms with van der Waals surface area (Å²) in [6.07, 6.45) is -0.579. The first-order valence-electron chi connectivity index (χ1n) is 4.03. The summed E-state index contributed by atoms with van der Waals surface area (Å²) in [5, 5.41) is 0. The van der Waals surface area contributed by atoms with E-state index in [1.807, 2.05) is 13.8 Å². The fraction of sp³-hybridized carbons (Fsp3) is 0.875. The third-order valence-electron chi connectivity index (χ3n) is 3.06. The third kappa shape index (κ3) is 1.26. The number of fused-ring (bicyclic) bond motifs is 1. The number of carbonyl (C=O) groups excluding carboxylic acids is 1. The smallest absolute Gasteiger partial charge is 0.310 e. The van der Waals surface area contributed by atoms with Gasteiger partial charge < -0.3 is 4.74 Å². The second kappa shape index (κ2) is 2.47. The van der Waals surface area contributed by atoms with E-state index in [-0.39, 0.29) is 23.2 Å². The number of halogens is 3. The highest BCUT2D eigenvalue weighted by molar-refractivity contribution is 6.68. The molecule has 0 aromatic heterocycles. The van der Waals surface area contributed by atoms with Crippen molar-refractivity contribution in [2.24, 2.45) is 17.3 Å². The fourth-order valence-corrected chi connectivity index (χ4v) is 2.78. The largest absolute Gasteiger partial charge is 0.457 e. The molecule has 0 unspecified atom stereocenters. The lowest BCUT2D eigenvalue weighted by atomic mass is 10.1. The summed E-state index contributed by atoms with van der Waals surface area (Å²) in [7, 11) is 0. The fourth-order valence-electron chi connectivity index (χ4n) is 2.24. The number of alkyl halides is 3. The van der Waals surface area contributed by atoms with Crippen LogP contribution in [0.25, 0.3) is 0 Å². The van der Waals surface area contributed by atoms with Gasteiger partial charge in [0.2, 0.25) is 3.79 Å². The van der Waals surface area contributed by atoms with E-state index >= 15 is 0 Å². The second-order valence-corrected chi connectivity index (χ2v) is 6.59. The maximum atomic E-state index is 11.3. The standard InChI is InChI=1S/C8H9Cl3O2/c1-7(2)3-4(7)6(12)13-5(3)8(9,10)11/h3-5H,1-2H3/t3-,4+,5-/m0/s1. The van der Waals surface area contributed by atoms with Gasteiger partial charge in [0.1, 0.15) is 0 Å². The van der Waals surface area contributed by atoms with Crippen LogP contribution in [0, 0.1) is 17.3 Å². The Morgan fingerprint density at radius 1 is 1.38 bits per heavy atom. The Labute approximate surface area is 91.5 Å². The highest BCUT2D eigenvalue weighted by Crippen LogP contribution is 2.67. The molecule has 0 radical (unpaired) electrons. The van der Waals surface area contributed by atoms with Gasteiger partial charge in [-0.25, -0.2) is 0 Å². The van der Waals surface area contributed by atoms with Crippen molar-refractivity contribution in [3.8, 4) is 0 Å². The number of rotatable bonds is 0. The van der Waals surface area contributed by atoms with E-state index in [0.29, 0.717) is 0 Å². The van der Waals surface area contributed by atoms with Crippen molar-refractivity contribution in [2.75, 3.05) is 0 Å². The summed E-state index contributed by atoms with van der Waals surface area (Å²) in [5.41, 5.74) is -0.0656. The van der Waals surface area contributed by atoms with E-state index in [1.165, 1.54) is 0 Å². The number of carbonyl (C=O) groups is 1. The number of hydrogen-bond acceptors (Lipinski definition) is 2. The van der Waals surface area contributed by atoms with Crippen LogP contribution >= 0.6 is 34.8 Å². The average molecular weight is 244 g/mol. The summed E-state index contributed by atoms with van der Waals surface area (Å²) in [5.74, 6) is -0.244. The molecule has 1 heterocycles. The molecule has 0 bridgehead atoms. The van der Waals surface area contributed by atoms with E-state index in [0.717, 1.165) is 0 Å². The van der Waals surface area contributed by atoms with Crippen LogP contribution in [-0.4, -0.2) is 15.9 Å². The zero-order valence-electron chi connectivity index (χ0n) is 7.18. The zero-order valence-corrected chi connectivity index (χ0v) is 9.45. The monoisotopic (exact) mass is 242 g/mol. The number of hydrogen-bond donors (Lipinski definition) is 0. The summed E-state index contributed by atoms with van der Waals surface area (Å²) < 4.78 is 3.49. The first-order valence-corrected chi connectivity index (χ1v) is 5.17. The van der Waals surface area contributed by atoms with Crippen molar-refractivity contribution in [3.63, 3.8) is 0 Å². The summed E-state index contributed by atoms with van der Waals surface area (Å²) in [6, 6.07) is 0. The molecule has 0 spiro atoms. The van der Waals surface area contributed by atoms with E-state index in [9.17, 15) is 4.79 Å². The summed E-state index contributed by atoms with van der Waals surface area (Å²) >= 11 is 17.1. The normalized spacial score (nSPS) is 41.3. The Morgan fingerprint density at radius 3 is 2.15 bits per heavy atom. The molecule has 0 aromatic rings. The molecule has 1 aliphatic heterocycles. The molecule has 1 saturated carbocycles. The van der Waals surface area contributed by atoms with Crippen molar-refractivity contribution in [3.05, 3.63) is 0 Å². The van der Waals surface area contributed by atoms with Crippen LogP contribution in [0.5, 0.6) is 0 Å². The number of esters is 1. The second-order valence-electron chi connectivity index (χ2n) is 4.22. The molecule has 2 rings (SSSR count). The topological polar surface area (TPSA) is 26.3 Å².